The molecule has 0 amide bonds. The van der Waals surface area contributed by atoms with Gasteiger partial charge in [-0.2, -0.15) is 10.4 Å². The average Bonchev–Trinajstić information content (AvgIpc) is 3.25. The molecule has 0 spiro atoms. The molecular formula is C16H10N6. The molecule has 0 aliphatic carbocycles. The van der Waals surface area contributed by atoms with Crippen LogP contribution in [0.5, 0.6) is 0 Å². The second-order valence-electron chi connectivity index (χ2n) is 4.81. The third-order valence-electron chi connectivity index (χ3n) is 3.54. The fourth-order valence-corrected chi connectivity index (χ4v) is 2.56. The number of nitrogens with one attached hydrogen (secondary N) is 1. The van der Waals surface area contributed by atoms with Gasteiger partial charge < -0.3 is 0 Å². The van der Waals surface area contributed by atoms with Crippen LogP contribution in [0.1, 0.15) is 5.69 Å². The van der Waals surface area contributed by atoms with Crippen LogP contribution in [-0.2, 0) is 0 Å². The van der Waals surface area contributed by atoms with E-state index < -0.39 is 0 Å². The van der Waals surface area contributed by atoms with Gasteiger partial charge in [0.15, 0.2) is 0 Å². The Labute approximate surface area is 125 Å². The summed E-state index contributed by atoms with van der Waals surface area (Å²) in [5.41, 5.74) is 5.21. The van der Waals surface area contributed by atoms with Crippen LogP contribution in [0.25, 0.3) is 27.9 Å². The van der Waals surface area contributed by atoms with E-state index >= 15 is 0 Å². The Kier molecular flexibility index (Phi) is 2.70. The van der Waals surface area contributed by atoms with Crippen LogP contribution in [0, 0.1) is 11.3 Å². The molecule has 0 unspecified atom stereocenters. The van der Waals surface area contributed by atoms with Crippen molar-refractivity contribution in [3.05, 3.63) is 61.1 Å². The Morgan fingerprint density at radius 3 is 2.91 bits per heavy atom. The molecule has 22 heavy (non-hydrogen) atoms. The monoisotopic (exact) mass is 286 g/mol. The van der Waals surface area contributed by atoms with Gasteiger partial charge in [0.25, 0.3) is 0 Å². The molecule has 1 N–H and O–H groups in total. The summed E-state index contributed by atoms with van der Waals surface area (Å²) in [4.78, 5) is 8.25. The molecule has 0 fully saturated rings. The lowest BCUT2D eigenvalue weighted by molar-refractivity contribution is 1.09. The molecule has 4 heterocycles. The summed E-state index contributed by atoms with van der Waals surface area (Å²) in [6.45, 7) is 0. The van der Waals surface area contributed by atoms with Gasteiger partial charge in [-0.1, -0.05) is 0 Å². The minimum Gasteiger partial charge on any atom is -0.298 e. The number of aromatic nitrogens is 5. The van der Waals surface area contributed by atoms with Crippen LogP contribution in [0.15, 0.2) is 55.4 Å². The topological polar surface area (TPSA) is 82.7 Å². The van der Waals surface area contributed by atoms with Crippen LogP contribution in [-0.4, -0.2) is 24.6 Å². The molecule has 0 atom stereocenters. The van der Waals surface area contributed by atoms with Crippen molar-refractivity contribution in [2.24, 2.45) is 0 Å². The molecule has 6 nitrogen and oxygen atoms in total. The zero-order valence-corrected chi connectivity index (χ0v) is 11.4. The molecule has 0 aliphatic heterocycles. The number of imidazole rings is 1. The van der Waals surface area contributed by atoms with E-state index in [2.05, 4.69) is 26.2 Å². The highest BCUT2D eigenvalue weighted by atomic mass is 15.1. The van der Waals surface area contributed by atoms with Gasteiger partial charge in [-0.3, -0.25) is 9.50 Å². The first-order valence-electron chi connectivity index (χ1n) is 6.67. The lowest BCUT2D eigenvalue weighted by atomic mass is 10.0. The molecule has 6 heteroatoms. The van der Waals surface area contributed by atoms with Gasteiger partial charge in [-0.15, -0.1) is 0 Å². The number of hydrogen-bond donors (Lipinski definition) is 1. The van der Waals surface area contributed by atoms with E-state index in [1.165, 1.54) is 0 Å². The molecule has 0 aromatic carbocycles. The Hall–Kier alpha value is -3.46. The second kappa shape index (κ2) is 4.82. The van der Waals surface area contributed by atoms with Crippen molar-refractivity contribution < 1.29 is 0 Å². The zero-order valence-electron chi connectivity index (χ0n) is 11.4. The normalized spacial score (nSPS) is 10.7. The van der Waals surface area contributed by atoms with Crippen molar-refractivity contribution >= 4 is 5.52 Å². The quantitative estimate of drug-likeness (QED) is 0.614. The Morgan fingerprint density at radius 1 is 1.14 bits per heavy atom. The number of nitriles is 1. The predicted molar refractivity (Wildman–Crippen MR) is 80.7 cm³/mol. The van der Waals surface area contributed by atoms with Crippen molar-refractivity contribution in [3.63, 3.8) is 0 Å². The van der Waals surface area contributed by atoms with E-state index in [-0.39, 0.29) is 0 Å². The summed E-state index contributed by atoms with van der Waals surface area (Å²) in [5, 5.41) is 15.9. The van der Waals surface area contributed by atoms with E-state index in [0.29, 0.717) is 5.69 Å². The van der Waals surface area contributed by atoms with E-state index in [1.807, 2.05) is 28.8 Å². The minimum absolute atomic E-state index is 0.382. The van der Waals surface area contributed by atoms with Crippen LogP contribution in [0.2, 0.25) is 0 Å². The Morgan fingerprint density at radius 2 is 2.09 bits per heavy atom. The van der Waals surface area contributed by atoms with Gasteiger partial charge >= 0.3 is 0 Å². The number of pyridine rings is 2. The third kappa shape index (κ3) is 1.84. The maximum Gasteiger partial charge on any atom is 0.141 e. The molecule has 4 aromatic heterocycles. The molecule has 0 bridgehead atoms. The van der Waals surface area contributed by atoms with Crippen molar-refractivity contribution in [2.75, 3.05) is 0 Å². The number of fused-ring (bicyclic) bond motifs is 1. The molecular weight excluding hydrogens is 276 g/mol. The molecule has 4 rings (SSSR count). The van der Waals surface area contributed by atoms with Crippen LogP contribution in [0.4, 0.5) is 0 Å². The van der Waals surface area contributed by atoms with Gasteiger partial charge in [0.2, 0.25) is 0 Å². The average molecular weight is 286 g/mol. The maximum absolute atomic E-state index is 9.09. The fourth-order valence-electron chi connectivity index (χ4n) is 2.56. The maximum atomic E-state index is 9.09. The smallest absolute Gasteiger partial charge is 0.141 e. The Bertz CT molecular complexity index is 991. The van der Waals surface area contributed by atoms with Gasteiger partial charge in [0.1, 0.15) is 11.8 Å². The first-order chi connectivity index (χ1) is 10.9. The van der Waals surface area contributed by atoms with Crippen LogP contribution < -0.4 is 0 Å². The number of hydrogen-bond acceptors (Lipinski definition) is 4. The summed E-state index contributed by atoms with van der Waals surface area (Å²) < 4.78 is 2.00. The predicted octanol–water partition coefficient (Wildman–Crippen LogP) is 2.66. The first-order valence-corrected chi connectivity index (χ1v) is 6.67. The molecule has 104 valence electrons. The lowest BCUT2D eigenvalue weighted by Gasteiger charge is -2.11. The molecule has 4 aromatic rings. The molecule has 0 aliphatic rings. The highest BCUT2D eigenvalue weighted by molar-refractivity contribution is 5.83. The van der Waals surface area contributed by atoms with Crippen molar-refractivity contribution in [1.29, 1.82) is 5.26 Å². The number of H-pyrrole nitrogens is 1. The summed E-state index contributed by atoms with van der Waals surface area (Å²) in [6, 6.07) is 9.78. The molecule has 0 saturated heterocycles. The highest BCUT2D eigenvalue weighted by Gasteiger charge is 2.13. The van der Waals surface area contributed by atoms with E-state index in [4.69, 9.17) is 5.26 Å². The van der Waals surface area contributed by atoms with Gasteiger partial charge in [-0.05, 0) is 24.3 Å². The van der Waals surface area contributed by atoms with Crippen molar-refractivity contribution in [1.82, 2.24) is 24.6 Å². The summed E-state index contributed by atoms with van der Waals surface area (Å²) in [7, 11) is 0. The standard InChI is InChI=1S/C16H10N6/c17-6-13-5-11(3-4-19-13)16-15(12-7-20-21-8-12)2-1-14-9-18-10-22(14)16/h1-5,7-10H,(H,20,21). The number of nitrogens with zero attached hydrogens (tertiary/aromatic N) is 5. The van der Waals surface area contributed by atoms with Gasteiger partial charge in [-0.25, -0.2) is 9.97 Å². The largest absolute Gasteiger partial charge is 0.298 e. The molecule has 0 radical (unpaired) electrons. The third-order valence-corrected chi connectivity index (χ3v) is 3.54. The lowest BCUT2D eigenvalue weighted by Crippen LogP contribution is -1.95. The zero-order chi connectivity index (χ0) is 14.9. The highest BCUT2D eigenvalue weighted by Crippen LogP contribution is 2.32. The van der Waals surface area contributed by atoms with Crippen molar-refractivity contribution in [2.45, 2.75) is 0 Å². The Balaban J connectivity index is 2.07. The van der Waals surface area contributed by atoms with E-state index in [1.54, 1.807) is 31.0 Å². The SMILES string of the molecule is N#Cc1cc(-c2c(-c3cn[nH]c3)ccc3cncn23)ccn1. The second-order valence-corrected chi connectivity index (χ2v) is 4.81. The minimum atomic E-state index is 0.382. The van der Waals surface area contributed by atoms with E-state index in [0.717, 1.165) is 27.9 Å². The van der Waals surface area contributed by atoms with Gasteiger partial charge in [0.05, 0.1) is 29.9 Å². The summed E-state index contributed by atoms with van der Waals surface area (Å²) in [5.74, 6) is 0. The van der Waals surface area contributed by atoms with E-state index in [9.17, 15) is 0 Å². The number of aromatic amines is 1. The molecule has 0 saturated carbocycles. The first kappa shape index (κ1) is 12.3. The van der Waals surface area contributed by atoms with Crippen LogP contribution in [0.3, 0.4) is 0 Å². The summed E-state index contributed by atoms with van der Waals surface area (Å²) in [6.07, 6.45) is 8.82. The van der Waals surface area contributed by atoms with Gasteiger partial charge in [0, 0.05) is 29.1 Å². The fraction of sp³-hybridized carbons (Fsp3) is 0. The van der Waals surface area contributed by atoms with Crippen molar-refractivity contribution in [3.8, 4) is 28.5 Å². The van der Waals surface area contributed by atoms with Crippen LogP contribution >= 0.6 is 0 Å². The number of rotatable bonds is 2. The summed E-state index contributed by atoms with van der Waals surface area (Å²) >= 11 is 0.